The van der Waals surface area contributed by atoms with Gasteiger partial charge in [0.15, 0.2) is 0 Å². The van der Waals surface area contributed by atoms with Crippen molar-refractivity contribution in [1.29, 1.82) is 0 Å². The summed E-state index contributed by atoms with van der Waals surface area (Å²) in [5.74, 6) is 3.58. The first-order valence-electron chi connectivity index (χ1n) is 5.35. The number of carbonyl (C=O) groups is 2. The van der Waals surface area contributed by atoms with Crippen LogP contribution in [0.2, 0.25) is 0 Å². The number of carbonyl (C=O) groups excluding carboxylic acids is 1. The summed E-state index contributed by atoms with van der Waals surface area (Å²) in [5, 5.41) is 8.45. The van der Waals surface area contributed by atoms with Crippen LogP contribution in [0.15, 0.2) is 0 Å². The molecule has 0 bridgehead atoms. The molecule has 1 heterocycles. The van der Waals surface area contributed by atoms with E-state index in [1.165, 1.54) is 4.90 Å². The van der Waals surface area contributed by atoms with E-state index < -0.39 is 17.0 Å². The fourth-order valence-corrected chi connectivity index (χ4v) is 1.54. The van der Waals surface area contributed by atoms with E-state index in [4.69, 9.17) is 9.84 Å². The van der Waals surface area contributed by atoms with Gasteiger partial charge in [-0.25, -0.2) is 9.59 Å². The van der Waals surface area contributed by atoms with Crippen molar-refractivity contribution in [2.24, 2.45) is 5.41 Å². The fourth-order valence-electron chi connectivity index (χ4n) is 1.54. The Balaban J connectivity index is 2.49. The van der Waals surface area contributed by atoms with Crippen LogP contribution < -0.4 is 0 Å². The summed E-state index contributed by atoms with van der Waals surface area (Å²) in [7, 11) is 0. The first-order valence-corrected chi connectivity index (χ1v) is 5.35. The molecule has 5 heteroatoms. The first-order chi connectivity index (χ1) is 7.61. The lowest BCUT2D eigenvalue weighted by Gasteiger charge is -2.44. The molecule has 0 aromatic carbocycles. The third-order valence-corrected chi connectivity index (χ3v) is 2.20. The van der Waals surface area contributed by atoms with Gasteiger partial charge in [0, 0.05) is 19.0 Å². The summed E-state index contributed by atoms with van der Waals surface area (Å²) < 4.78 is 5.18. The van der Waals surface area contributed by atoms with Crippen molar-refractivity contribution in [3.8, 4) is 11.8 Å². The van der Waals surface area contributed by atoms with Gasteiger partial charge in [0.2, 0.25) is 0 Å². The Labute approximate surface area is 101 Å². The highest BCUT2D eigenvalue weighted by Crippen LogP contribution is 2.30. The second-order valence-corrected chi connectivity index (χ2v) is 5.45. The van der Waals surface area contributed by atoms with Crippen molar-refractivity contribution < 1.29 is 19.4 Å². The Morgan fingerprint density at radius 1 is 1.35 bits per heavy atom. The quantitative estimate of drug-likeness (QED) is 0.648. The minimum Gasteiger partial charge on any atom is -0.472 e. The van der Waals surface area contributed by atoms with Crippen LogP contribution >= 0.6 is 0 Å². The molecular formula is C12H17NO4. The van der Waals surface area contributed by atoms with Gasteiger partial charge in [-0.15, -0.1) is 0 Å². The lowest BCUT2D eigenvalue weighted by Crippen LogP contribution is -2.57. The number of rotatable bonds is 0. The predicted octanol–water partition coefficient (Wildman–Crippen LogP) is 1.33. The molecule has 0 aromatic heterocycles. The molecule has 0 spiro atoms. The highest BCUT2D eigenvalue weighted by Gasteiger charge is 2.41. The van der Waals surface area contributed by atoms with Crippen LogP contribution in [0, 0.1) is 17.3 Å². The zero-order valence-corrected chi connectivity index (χ0v) is 10.5. The van der Waals surface area contributed by atoms with E-state index >= 15 is 0 Å². The van der Waals surface area contributed by atoms with Crippen LogP contribution in [0.1, 0.15) is 27.7 Å². The highest BCUT2D eigenvalue weighted by molar-refractivity contribution is 5.86. The number of hydrogen-bond donors (Lipinski definition) is 1. The molecule has 1 rings (SSSR count). The zero-order valence-electron chi connectivity index (χ0n) is 10.5. The second kappa shape index (κ2) is 4.28. The van der Waals surface area contributed by atoms with Gasteiger partial charge in [-0.05, 0) is 27.7 Å². The Morgan fingerprint density at radius 2 is 1.88 bits per heavy atom. The molecule has 0 unspecified atom stereocenters. The maximum absolute atomic E-state index is 11.6. The van der Waals surface area contributed by atoms with Gasteiger partial charge in [-0.3, -0.25) is 0 Å². The second-order valence-electron chi connectivity index (χ2n) is 5.45. The van der Waals surface area contributed by atoms with E-state index in [0.717, 1.165) is 0 Å². The maximum Gasteiger partial charge on any atom is 0.410 e. The van der Waals surface area contributed by atoms with E-state index in [-0.39, 0.29) is 6.09 Å². The van der Waals surface area contributed by atoms with Crippen LogP contribution in [0.5, 0.6) is 0 Å². The number of ether oxygens (including phenoxy) is 1. The van der Waals surface area contributed by atoms with Crippen molar-refractivity contribution >= 4 is 12.1 Å². The summed E-state index contributed by atoms with van der Waals surface area (Å²) in [6, 6.07) is 0. The molecule has 0 aromatic rings. The third kappa shape index (κ3) is 3.99. The summed E-state index contributed by atoms with van der Waals surface area (Å²) >= 11 is 0. The lowest BCUT2D eigenvalue weighted by atomic mass is 9.83. The topological polar surface area (TPSA) is 66.8 Å². The van der Waals surface area contributed by atoms with Gasteiger partial charge in [-0.2, -0.15) is 0 Å². The predicted molar refractivity (Wildman–Crippen MR) is 61.3 cm³/mol. The van der Waals surface area contributed by atoms with Crippen LogP contribution in [0.25, 0.3) is 0 Å². The monoisotopic (exact) mass is 239 g/mol. The minimum absolute atomic E-state index is 0.382. The molecular weight excluding hydrogens is 222 g/mol. The SMILES string of the molecule is CC1(C#CC(=O)O)CN(C(=O)OC(C)(C)C)C1. The van der Waals surface area contributed by atoms with Crippen LogP contribution in [0.3, 0.4) is 0 Å². The van der Waals surface area contributed by atoms with Gasteiger partial charge in [0.25, 0.3) is 0 Å². The van der Waals surface area contributed by atoms with E-state index in [2.05, 4.69) is 11.8 Å². The molecule has 1 N–H and O–H groups in total. The van der Waals surface area contributed by atoms with Crippen molar-refractivity contribution in [3.63, 3.8) is 0 Å². The normalized spacial score (nSPS) is 17.5. The summed E-state index contributed by atoms with van der Waals surface area (Å²) in [4.78, 5) is 23.4. The maximum atomic E-state index is 11.6. The Bertz CT molecular complexity index is 391. The molecule has 0 saturated carbocycles. The van der Waals surface area contributed by atoms with E-state index in [9.17, 15) is 9.59 Å². The summed E-state index contributed by atoms with van der Waals surface area (Å²) in [6.45, 7) is 8.03. The minimum atomic E-state index is -1.15. The average molecular weight is 239 g/mol. The fraction of sp³-hybridized carbons (Fsp3) is 0.667. The van der Waals surface area contributed by atoms with Crippen molar-refractivity contribution in [2.75, 3.05) is 13.1 Å². The molecule has 94 valence electrons. The number of nitrogens with zero attached hydrogens (tertiary/aromatic N) is 1. The van der Waals surface area contributed by atoms with E-state index in [1.807, 2.05) is 6.92 Å². The van der Waals surface area contributed by atoms with Gasteiger partial charge >= 0.3 is 12.1 Å². The van der Waals surface area contributed by atoms with Crippen LogP contribution in [-0.2, 0) is 9.53 Å². The number of aliphatic carboxylic acids is 1. The van der Waals surface area contributed by atoms with Gasteiger partial charge in [-0.1, -0.05) is 5.92 Å². The number of likely N-dealkylation sites (tertiary alicyclic amines) is 1. The number of amides is 1. The molecule has 0 atom stereocenters. The van der Waals surface area contributed by atoms with E-state index in [0.29, 0.717) is 13.1 Å². The number of carboxylic acids is 1. The van der Waals surface area contributed by atoms with Crippen molar-refractivity contribution in [3.05, 3.63) is 0 Å². The van der Waals surface area contributed by atoms with Gasteiger partial charge in [0.1, 0.15) is 5.60 Å². The number of carboxylic acid groups (broad SMARTS) is 1. The first kappa shape index (κ1) is 13.4. The molecule has 17 heavy (non-hydrogen) atoms. The molecule has 0 aliphatic carbocycles. The zero-order chi connectivity index (χ0) is 13.3. The highest BCUT2D eigenvalue weighted by atomic mass is 16.6. The smallest absolute Gasteiger partial charge is 0.410 e. The molecule has 1 fully saturated rings. The standard InChI is InChI=1S/C12H17NO4/c1-11(2,3)17-10(16)13-7-12(4,8-13)6-5-9(14)15/h7-8H2,1-4H3,(H,14,15). The average Bonchev–Trinajstić information content (AvgIpc) is 2.07. The molecule has 1 saturated heterocycles. The van der Waals surface area contributed by atoms with Gasteiger partial charge < -0.3 is 14.7 Å². The van der Waals surface area contributed by atoms with Crippen LogP contribution in [-0.4, -0.2) is 40.8 Å². The number of hydrogen-bond acceptors (Lipinski definition) is 3. The molecule has 1 aliphatic heterocycles. The molecule has 1 amide bonds. The molecule has 0 radical (unpaired) electrons. The van der Waals surface area contributed by atoms with Crippen molar-refractivity contribution in [2.45, 2.75) is 33.3 Å². The lowest BCUT2D eigenvalue weighted by molar-refractivity contribution is -0.130. The Morgan fingerprint density at radius 3 is 2.29 bits per heavy atom. The Kier molecular flexibility index (Phi) is 3.37. The van der Waals surface area contributed by atoms with E-state index in [1.54, 1.807) is 20.8 Å². The summed E-state index contributed by atoms with van der Waals surface area (Å²) in [6.07, 6.45) is -0.382. The summed E-state index contributed by atoms with van der Waals surface area (Å²) in [5.41, 5.74) is -0.953. The van der Waals surface area contributed by atoms with Gasteiger partial charge in [0.05, 0.1) is 5.41 Å². The largest absolute Gasteiger partial charge is 0.472 e. The van der Waals surface area contributed by atoms with Crippen molar-refractivity contribution in [1.82, 2.24) is 4.90 Å². The Hall–Kier alpha value is -1.70. The van der Waals surface area contributed by atoms with Crippen LogP contribution in [0.4, 0.5) is 4.79 Å². The molecule has 1 aliphatic rings. The molecule has 5 nitrogen and oxygen atoms in total. The third-order valence-electron chi connectivity index (χ3n) is 2.20.